The van der Waals surface area contributed by atoms with Gasteiger partial charge in [0.25, 0.3) is 5.95 Å². The largest absolute Gasteiger partial charge is 0.309 e. The topological polar surface area (TPSA) is 90.5 Å². The molecule has 0 spiro atoms. The molecule has 0 aromatic carbocycles. The molecule has 1 atom stereocenters. The summed E-state index contributed by atoms with van der Waals surface area (Å²) in [6.45, 7) is 3.92. The molecule has 3 aromatic rings. The molecule has 4 rings (SSSR count). The minimum absolute atomic E-state index is 0.0277. The number of hydrogen-bond acceptors (Lipinski definition) is 6. The van der Waals surface area contributed by atoms with Gasteiger partial charge in [0.15, 0.2) is 0 Å². The molecule has 1 aliphatic rings. The summed E-state index contributed by atoms with van der Waals surface area (Å²) in [6, 6.07) is 1.74. The fourth-order valence-electron chi connectivity index (χ4n) is 3.05. The Morgan fingerprint density at radius 1 is 1.20 bits per heavy atom. The number of anilines is 1. The Balaban J connectivity index is 1.92. The Hall–Kier alpha value is -2.68. The highest BCUT2D eigenvalue weighted by molar-refractivity contribution is 8.00. The van der Waals surface area contributed by atoms with Crippen LogP contribution in [0.15, 0.2) is 24.7 Å². The lowest BCUT2D eigenvalue weighted by Crippen LogP contribution is -2.16. The molecule has 1 N–H and O–H groups in total. The zero-order valence-electron chi connectivity index (χ0n) is 14.1. The van der Waals surface area contributed by atoms with Gasteiger partial charge in [-0.2, -0.15) is 14.9 Å². The molecular weight excluding hydrogens is 338 g/mol. The third-order valence-electron chi connectivity index (χ3n) is 4.08. The molecule has 25 heavy (non-hydrogen) atoms. The number of nitrogens with one attached hydrogen (secondary N) is 1. The van der Waals surface area contributed by atoms with E-state index in [2.05, 4.69) is 25.5 Å². The lowest BCUT2D eigenvalue weighted by molar-refractivity contribution is -0.113. The van der Waals surface area contributed by atoms with Gasteiger partial charge >= 0.3 is 0 Å². The molecule has 0 aliphatic carbocycles. The van der Waals surface area contributed by atoms with Gasteiger partial charge in [-0.3, -0.25) is 9.48 Å². The number of carbonyl (C=O) groups is 1. The van der Waals surface area contributed by atoms with E-state index in [1.165, 1.54) is 0 Å². The number of aromatic nitrogens is 6. The Morgan fingerprint density at radius 3 is 2.64 bits per heavy atom. The SMILES string of the molecule is Cc1nn(C)cc1C1SCC(=O)Nc2c1c(C)nn2-c1ncccn1. The number of aryl methyl sites for hydroxylation is 3. The summed E-state index contributed by atoms with van der Waals surface area (Å²) in [6.07, 6.45) is 5.31. The first-order valence-electron chi connectivity index (χ1n) is 7.83. The molecule has 8 nitrogen and oxygen atoms in total. The molecule has 4 heterocycles. The van der Waals surface area contributed by atoms with E-state index in [1.54, 1.807) is 39.6 Å². The van der Waals surface area contributed by atoms with Crippen LogP contribution < -0.4 is 5.32 Å². The highest BCUT2D eigenvalue weighted by atomic mass is 32.2. The summed E-state index contributed by atoms with van der Waals surface area (Å²) in [4.78, 5) is 20.8. The number of nitrogens with zero attached hydrogens (tertiary/aromatic N) is 6. The number of thioether (sulfide) groups is 1. The Bertz CT molecular complexity index is 947. The maximum Gasteiger partial charge on any atom is 0.252 e. The first-order valence-corrected chi connectivity index (χ1v) is 8.88. The smallest absolute Gasteiger partial charge is 0.252 e. The zero-order chi connectivity index (χ0) is 17.6. The molecule has 128 valence electrons. The predicted octanol–water partition coefficient (Wildman–Crippen LogP) is 1.79. The molecule has 1 aliphatic heterocycles. The molecule has 0 saturated heterocycles. The van der Waals surface area contributed by atoms with Gasteiger partial charge in [-0.05, 0) is 19.9 Å². The van der Waals surface area contributed by atoms with Gasteiger partial charge in [-0.15, -0.1) is 11.8 Å². The zero-order valence-corrected chi connectivity index (χ0v) is 14.9. The van der Waals surface area contributed by atoms with Crippen molar-refractivity contribution >= 4 is 23.5 Å². The van der Waals surface area contributed by atoms with E-state index in [4.69, 9.17) is 0 Å². The summed E-state index contributed by atoms with van der Waals surface area (Å²) in [5.41, 5.74) is 3.84. The fraction of sp³-hybridized carbons (Fsp3) is 0.312. The van der Waals surface area contributed by atoms with Gasteiger partial charge in [0, 0.05) is 36.8 Å². The van der Waals surface area contributed by atoms with Gasteiger partial charge < -0.3 is 5.32 Å². The minimum Gasteiger partial charge on any atom is -0.309 e. The molecule has 1 amide bonds. The van der Waals surface area contributed by atoms with Crippen molar-refractivity contribution in [1.82, 2.24) is 29.5 Å². The summed E-state index contributed by atoms with van der Waals surface area (Å²) in [7, 11) is 1.90. The lowest BCUT2D eigenvalue weighted by atomic mass is 10.1. The monoisotopic (exact) mass is 355 g/mol. The average molecular weight is 355 g/mol. The molecule has 0 bridgehead atoms. The van der Waals surface area contributed by atoms with Crippen molar-refractivity contribution in [3.63, 3.8) is 0 Å². The van der Waals surface area contributed by atoms with Crippen LogP contribution in [0.1, 0.15) is 27.8 Å². The minimum atomic E-state index is -0.0626. The molecule has 3 aromatic heterocycles. The average Bonchev–Trinajstić information content (AvgIpc) is 3.02. The summed E-state index contributed by atoms with van der Waals surface area (Å²) >= 11 is 1.58. The van der Waals surface area contributed by atoms with E-state index in [0.717, 1.165) is 22.5 Å². The van der Waals surface area contributed by atoms with Gasteiger partial charge in [-0.1, -0.05) is 0 Å². The van der Waals surface area contributed by atoms with Gasteiger partial charge in [-0.25, -0.2) is 9.97 Å². The molecule has 0 fully saturated rings. The Morgan fingerprint density at radius 2 is 1.96 bits per heavy atom. The van der Waals surface area contributed by atoms with Gasteiger partial charge in [0.1, 0.15) is 5.82 Å². The van der Waals surface area contributed by atoms with E-state index in [9.17, 15) is 4.79 Å². The van der Waals surface area contributed by atoms with Crippen molar-refractivity contribution in [2.45, 2.75) is 19.1 Å². The van der Waals surface area contributed by atoms with E-state index in [1.807, 2.05) is 27.1 Å². The second kappa shape index (κ2) is 5.99. The highest BCUT2D eigenvalue weighted by Gasteiger charge is 2.32. The lowest BCUT2D eigenvalue weighted by Gasteiger charge is -2.14. The molecule has 0 saturated carbocycles. The van der Waals surface area contributed by atoms with Crippen molar-refractivity contribution in [2.24, 2.45) is 7.05 Å². The number of carbonyl (C=O) groups excluding carboxylic acids is 1. The van der Waals surface area contributed by atoms with E-state index >= 15 is 0 Å². The molecular formula is C16H17N7OS. The van der Waals surface area contributed by atoms with Crippen LogP contribution in [0.3, 0.4) is 0 Å². The van der Waals surface area contributed by atoms with Crippen LogP contribution >= 0.6 is 11.8 Å². The molecule has 1 unspecified atom stereocenters. The Kier molecular flexibility index (Phi) is 3.79. The van der Waals surface area contributed by atoms with Crippen LogP contribution in [0.4, 0.5) is 5.82 Å². The second-order valence-corrected chi connectivity index (χ2v) is 6.98. The van der Waals surface area contributed by atoms with E-state index in [-0.39, 0.29) is 11.2 Å². The predicted molar refractivity (Wildman–Crippen MR) is 94.8 cm³/mol. The number of amides is 1. The number of fused-ring (bicyclic) bond motifs is 1. The molecule has 0 radical (unpaired) electrons. The van der Waals surface area contributed by atoms with Crippen molar-refractivity contribution in [1.29, 1.82) is 0 Å². The third kappa shape index (κ3) is 2.70. The normalized spacial score (nSPS) is 17.1. The van der Waals surface area contributed by atoms with Crippen LogP contribution in [0.5, 0.6) is 0 Å². The summed E-state index contributed by atoms with van der Waals surface area (Å²) < 4.78 is 3.40. The van der Waals surface area contributed by atoms with Crippen LogP contribution in [-0.2, 0) is 11.8 Å². The van der Waals surface area contributed by atoms with Crippen molar-refractivity contribution in [2.75, 3.05) is 11.1 Å². The molecule has 9 heteroatoms. The maximum atomic E-state index is 12.3. The standard InChI is InChI=1S/C16H17N7OS/c1-9-11(7-22(3)20-9)14-13-10(2)21-23(16-17-5-4-6-18-16)15(13)19-12(24)8-25-14/h4-7,14H,8H2,1-3H3,(H,19,24). The van der Waals surface area contributed by atoms with Crippen LogP contribution in [0.2, 0.25) is 0 Å². The number of hydrogen-bond donors (Lipinski definition) is 1. The first-order chi connectivity index (χ1) is 12.0. The highest BCUT2D eigenvalue weighted by Crippen LogP contribution is 2.44. The van der Waals surface area contributed by atoms with E-state index < -0.39 is 0 Å². The van der Waals surface area contributed by atoms with E-state index in [0.29, 0.717) is 17.5 Å². The third-order valence-corrected chi connectivity index (χ3v) is 5.34. The summed E-state index contributed by atoms with van der Waals surface area (Å²) in [5, 5.41) is 12.0. The van der Waals surface area contributed by atoms with Crippen molar-refractivity contribution < 1.29 is 4.79 Å². The summed E-state index contributed by atoms with van der Waals surface area (Å²) in [5.74, 6) is 1.36. The van der Waals surface area contributed by atoms with Crippen LogP contribution in [-0.4, -0.2) is 41.2 Å². The van der Waals surface area contributed by atoms with Crippen molar-refractivity contribution in [3.8, 4) is 5.95 Å². The van der Waals surface area contributed by atoms with Crippen LogP contribution in [0, 0.1) is 13.8 Å². The van der Waals surface area contributed by atoms with Gasteiger partial charge in [0.05, 0.1) is 22.4 Å². The van der Waals surface area contributed by atoms with Crippen molar-refractivity contribution in [3.05, 3.63) is 47.2 Å². The maximum absolute atomic E-state index is 12.3. The Labute approximate surface area is 148 Å². The fourth-order valence-corrected chi connectivity index (χ4v) is 4.30. The quantitative estimate of drug-likeness (QED) is 0.754. The van der Waals surface area contributed by atoms with Gasteiger partial charge in [0.2, 0.25) is 5.91 Å². The second-order valence-electron chi connectivity index (χ2n) is 5.89. The number of rotatable bonds is 2. The first kappa shape index (κ1) is 15.8. The van der Waals surface area contributed by atoms with Crippen LogP contribution in [0.25, 0.3) is 5.95 Å².